The average molecular weight is 145 g/mol. The summed E-state index contributed by atoms with van der Waals surface area (Å²) in [6, 6.07) is 0. The van der Waals surface area contributed by atoms with Crippen LogP contribution in [0.3, 0.4) is 0 Å². The molecule has 0 aromatic rings. The number of hydrogen-bond donors (Lipinski definition) is 0. The van der Waals surface area contributed by atoms with Gasteiger partial charge >= 0.3 is 0 Å². The molecule has 0 fully saturated rings. The fourth-order valence-corrected chi connectivity index (χ4v) is 1.72. The molecule has 44 valence electrons. The molecule has 0 saturated carbocycles. The molecule has 2 heteroatoms. The number of allylic oxidation sites excluding steroid dienone is 2. The molecule has 0 rings (SSSR count). The van der Waals surface area contributed by atoms with E-state index < -0.39 is 0 Å². The van der Waals surface area contributed by atoms with E-state index in [-0.39, 0.29) is 6.70 Å². The molecule has 0 nitrogen and oxygen atoms in total. The summed E-state index contributed by atoms with van der Waals surface area (Å²) in [7, 11) is 0. The molecule has 0 spiro atoms. The van der Waals surface area contributed by atoms with E-state index in [2.05, 4.69) is 13.2 Å². The molecule has 0 atom stereocenters. The number of hydrogen-bond acceptors (Lipinski definition) is 1. The number of rotatable bonds is 4. The van der Waals surface area contributed by atoms with Crippen molar-refractivity contribution in [3.05, 3.63) is 25.3 Å². The third-order valence-corrected chi connectivity index (χ3v) is 2.89. The van der Waals surface area contributed by atoms with Crippen molar-refractivity contribution in [1.82, 2.24) is 0 Å². The van der Waals surface area contributed by atoms with Gasteiger partial charge in [-0.15, -0.1) is 0 Å². The van der Waals surface area contributed by atoms with Crippen LogP contribution in [0.2, 0.25) is 0 Å². The highest BCUT2D eigenvalue weighted by molar-refractivity contribution is 8.05. The Morgan fingerprint density at radius 3 is 1.88 bits per heavy atom. The van der Waals surface area contributed by atoms with Crippen LogP contribution in [0.25, 0.3) is 0 Å². The molecule has 0 N–H and O–H groups in total. The molecule has 0 bridgehead atoms. The first-order chi connectivity index (χ1) is 3.81. The Morgan fingerprint density at radius 1 is 1.25 bits per heavy atom. The monoisotopic (exact) mass is 145 g/mol. The zero-order valence-corrected chi connectivity index (χ0v) is 6.55. The van der Waals surface area contributed by atoms with E-state index >= 15 is 0 Å². The van der Waals surface area contributed by atoms with E-state index in [1.165, 1.54) is 0 Å². The van der Waals surface area contributed by atoms with Crippen molar-refractivity contribution in [3.8, 4) is 0 Å². The van der Waals surface area contributed by atoms with Crippen LogP contribution in [0.5, 0.6) is 0 Å². The van der Waals surface area contributed by atoms with Gasteiger partial charge in [0.05, 0.1) is 0 Å². The Morgan fingerprint density at radius 2 is 1.62 bits per heavy atom. The topological polar surface area (TPSA) is 0 Å². The summed E-state index contributed by atoms with van der Waals surface area (Å²) in [5, 5.41) is 0. The first-order valence-electron chi connectivity index (χ1n) is 2.45. The van der Waals surface area contributed by atoms with Crippen molar-refractivity contribution in [2.45, 2.75) is 0 Å². The normalized spacial score (nSPS) is 8.00. The third kappa shape index (κ3) is 4.17. The second-order valence-electron chi connectivity index (χ2n) is 1.42. The smallest absolute Gasteiger partial charge is 0.0990 e. The predicted octanol–water partition coefficient (Wildman–Crippen LogP) is 2.30. The molecular formula is C6H10PS+. The van der Waals surface area contributed by atoms with Gasteiger partial charge in [0.25, 0.3) is 0 Å². The van der Waals surface area contributed by atoms with Gasteiger partial charge in [0.15, 0.2) is 18.5 Å². The molecule has 0 unspecified atom stereocenters. The van der Waals surface area contributed by atoms with Crippen molar-refractivity contribution in [2.75, 3.05) is 12.3 Å². The van der Waals surface area contributed by atoms with E-state index in [0.29, 0.717) is 0 Å². The molecule has 0 radical (unpaired) electrons. The van der Waals surface area contributed by atoms with Gasteiger partial charge in [-0.25, -0.2) is 0 Å². The highest BCUT2D eigenvalue weighted by Gasteiger charge is 2.00. The maximum Gasteiger partial charge on any atom is 0.183 e. The zero-order chi connectivity index (χ0) is 6.41. The van der Waals surface area contributed by atoms with Gasteiger partial charge in [-0.05, 0) is 12.2 Å². The van der Waals surface area contributed by atoms with Crippen molar-refractivity contribution in [3.63, 3.8) is 0 Å². The molecule has 0 saturated heterocycles. The van der Waals surface area contributed by atoms with Gasteiger partial charge in [-0.2, -0.15) is 0 Å². The Labute approximate surface area is 56.7 Å². The largest absolute Gasteiger partial charge is 0.183 e. The van der Waals surface area contributed by atoms with Gasteiger partial charge < -0.3 is 0 Å². The Bertz CT molecular complexity index is 95.1. The van der Waals surface area contributed by atoms with Gasteiger partial charge in [0.2, 0.25) is 0 Å². The highest BCUT2D eigenvalue weighted by atomic mass is 32.4. The summed E-state index contributed by atoms with van der Waals surface area (Å²) in [5.74, 6) is 0. The lowest BCUT2D eigenvalue weighted by atomic mass is 10.8. The van der Waals surface area contributed by atoms with Gasteiger partial charge in [-0.1, -0.05) is 13.2 Å². The SMILES string of the molecule is C=CC[P+](=S)CC=C. The van der Waals surface area contributed by atoms with Crippen LogP contribution in [0, 0.1) is 0 Å². The van der Waals surface area contributed by atoms with Crippen LogP contribution in [0.1, 0.15) is 0 Å². The minimum Gasteiger partial charge on any atom is -0.0990 e. The minimum atomic E-state index is -0.234. The maximum absolute atomic E-state index is 5.06. The van der Waals surface area contributed by atoms with E-state index in [4.69, 9.17) is 11.8 Å². The van der Waals surface area contributed by atoms with Crippen molar-refractivity contribution < 1.29 is 0 Å². The standard InChI is InChI=1S/C6H10PS/c1-3-5-7(8)6-4-2/h3-4H,1-2,5-6H2/q+1. The molecular weight excluding hydrogens is 135 g/mol. The molecule has 0 aliphatic rings. The van der Waals surface area contributed by atoms with Crippen molar-refractivity contribution in [1.29, 1.82) is 0 Å². The van der Waals surface area contributed by atoms with E-state index in [9.17, 15) is 0 Å². The van der Waals surface area contributed by atoms with E-state index in [1.807, 2.05) is 12.2 Å². The second kappa shape index (κ2) is 5.14. The predicted molar refractivity (Wildman–Crippen MR) is 44.4 cm³/mol. The van der Waals surface area contributed by atoms with Gasteiger partial charge in [0.1, 0.15) is 12.3 Å². The van der Waals surface area contributed by atoms with Crippen molar-refractivity contribution >= 4 is 18.5 Å². The molecule has 0 aliphatic heterocycles. The fraction of sp³-hybridized carbons (Fsp3) is 0.333. The molecule has 0 aliphatic carbocycles. The molecule has 0 heterocycles. The lowest BCUT2D eigenvalue weighted by Gasteiger charge is -1.76. The molecule has 0 amide bonds. The Kier molecular flexibility index (Phi) is 5.14. The summed E-state index contributed by atoms with van der Waals surface area (Å²) < 4.78 is 0. The van der Waals surface area contributed by atoms with E-state index in [0.717, 1.165) is 12.3 Å². The van der Waals surface area contributed by atoms with Gasteiger partial charge in [0, 0.05) is 0 Å². The summed E-state index contributed by atoms with van der Waals surface area (Å²) in [5.41, 5.74) is 0. The summed E-state index contributed by atoms with van der Waals surface area (Å²) in [6.07, 6.45) is 5.72. The van der Waals surface area contributed by atoms with E-state index in [1.54, 1.807) is 0 Å². The van der Waals surface area contributed by atoms with Crippen LogP contribution >= 0.6 is 6.70 Å². The fourth-order valence-electron chi connectivity index (χ4n) is 0.363. The van der Waals surface area contributed by atoms with Crippen molar-refractivity contribution in [2.24, 2.45) is 0 Å². The summed E-state index contributed by atoms with van der Waals surface area (Å²) in [4.78, 5) is 0. The van der Waals surface area contributed by atoms with Gasteiger partial charge in [-0.3, -0.25) is 0 Å². The maximum atomic E-state index is 5.06. The van der Waals surface area contributed by atoms with Crippen LogP contribution in [-0.4, -0.2) is 12.3 Å². The first kappa shape index (κ1) is 8.00. The quantitative estimate of drug-likeness (QED) is 0.432. The summed E-state index contributed by atoms with van der Waals surface area (Å²) in [6.45, 7) is 6.96. The zero-order valence-electron chi connectivity index (χ0n) is 4.84. The average Bonchev–Trinajstić information content (AvgIpc) is 1.68. The van der Waals surface area contributed by atoms with Crippen LogP contribution in [-0.2, 0) is 11.8 Å². The van der Waals surface area contributed by atoms with Crippen LogP contribution < -0.4 is 0 Å². The molecule has 0 aromatic heterocycles. The Balaban J connectivity index is 3.32. The second-order valence-corrected chi connectivity index (χ2v) is 4.67. The molecule has 8 heavy (non-hydrogen) atoms. The minimum absolute atomic E-state index is 0.234. The lowest BCUT2D eigenvalue weighted by Crippen LogP contribution is -1.71. The third-order valence-electron chi connectivity index (χ3n) is 0.665. The molecule has 0 aromatic carbocycles. The Hall–Kier alpha value is 0. The lowest BCUT2D eigenvalue weighted by molar-refractivity contribution is 1.71. The highest BCUT2D eigenvalue weighted by Crippen LogP contribution is 2.19. The van der Waals surface area contributed by atoms with Crippen LogP contribution in [0.15, 0.2) is 25.3 Å². The first-order valence-corrected chi connectivity index (χ1v) is 5.17. The summed E-state index contributed by atoms with van der Waals surface area (Å²) >= 11 is 5.06. The van der Waals surface area contributed by atoms with Crippen LogP contribution in [0.4, 0.5) is 0 Å².